The highest BCUT2D eigenvalue weighted by molar-refractivity contribution is 5.88. The molecule has 102 valence electrons. The average Bonchev–Trinajstić information content (AvgIpc) is 2.67. The van der Waals surface area contributed by atoms with Crippen LogP contribution in [-0.4, -0.2) is 28.3 Å². The first kappa shape index (κ1) is 13.4. The Labute approximate surface area is 112 Å². The van der Waals surface area contributed by atoms with Crippen molar-refractivity contribution < 1.29 is 9.53 Å². The van der Waals surface area contributed by atoms with Crippen LogP contribution < -0.4 is 4.90 Å². The summed E-state index contributed by atoms with van der Waals surface area (Å²) in [6.45, 7) is 5.52. The van der Waals surface area contributed by atoms with Gasteiger partial charge in [-0.1, -0.05) is 0 Å². The van der Waals surface area contributed by atoms with Crippen LogP contribution in [0.1, 0.15) is 20.8 Å². The molecule has 2 aromatic heterocycles. The van der Waals surface area contributed by atoms with Crippen molar-refractivity contribution in [2.75, 3.05) is 11.9 Å². The fraction of sp³-hybridized carbons (Fsp3) is 0.429. The van der Waals surface area contributed by atoms with E-state index in [1.54, 1.807) is 7.05 Å². The second-order valence-electron chi connectivity index (χ2n) is 5.55. The van der Waals surface area contributed by atoms with Gasteiger partial charge in [-0.25, -0.2) is 9.78 Å². The fourth-order valence-electron chi connectivity index (χ4n) is 1.74. The Morgan fingerprint density at radius 1 is 1.32 bits per heavy atom. The molecule has 2 rings (SSSR count). The summed E-state index contributed by atoms with van der Waals surface area (Å²) in [7, 11) is 3.58. The molecular weight excluding hydrogens is 242 g/mol. The van der Waals surface area contributed by atoms with E-state index in [0.29, 0.717) is 5.82 Å². The molecule has 0 N–H and O–H groups in total. The van der Waals surface area contributed by atoms with Gasteiger partial charge < -0.3 is 9.30 Å². The Hall–Kier alpha value is -2.04. The Morgan fingerprint density at radius 3 is 2.63 bits per heavy atom. The number of hydrogen-bond donors (Lipinski definition) is 0. The zero-order valence-electron chi connectivity index (χ0n) is 12.0. The minimum Gasteiger partial charge on any atom is -0.443 e. The Balaban J connectivity index is 2.28. The third-order valence-electron chi connectivity index (χ3n) is 2.71. The highest BCUT2D eigenvalue weighted by Gasteiger charge is 2.21. The predicted molar refractivity (Wildman–Crippen MR) is 75.4 cm³/mol. The number of aryl methyl sites for hydroxylation is 1. The molecule has 0 aliphatic heterocycles. The van der Waals surface area contributed by atoms with Crippen LogP contribution in [0.15, 0.2) is 24.4 Å². The Kier molecular flexibility index (Phi) is 3.22. The first-order valence-corrected chi connectivity index (χ1v) is 6.17. The first-order valence-electron chi connectivity index (χ1n) is 6.17. The lowest BCUT2D eigenvalue weighted by Gasteiger charge is -2.24. The van der Waals surface area contributed by atoms with Crippen LogP contribution >= 0.6 is 0 Å². The second-order valence-corrected chi connectivity index (χ2v) is 5.55. The van der Waals surface area contributed by atoms with Crippen LogP contribution in [0.4, 0.5) is 10.6 Å². The molecule has 1 amide bonds. The topological polar surface area (TPSA) is 47.4 Å². The monoisotopic (exact) mass is 261 g/mol. The van der Waals surface area contributed by atoms with Gasteiger partial charge in [0.1, 0.15) is 17.1 Å². The number of carbonyl (C=O) groups excluding carboxylic acids is 1. The molecule has 0 saturated heterocycles. The van der Waals surface area contributed by atoms with Crippen LogP contribution in [0, 0.1) is 0 Å². The molecule has 2 aromatic rings. The number of nitrogens with zero attached hydrogens (tertiary/aromatic N) is 3. The molecule has 0 bridgehead atoms. The molecule has 0 atom stereocenters. The average molecular weight is 261 g/mol. The van der Waals surface area contributed by atoms with Crippen LogP contribution in [0.2, 0.25) is 0 Å². The van der Waals surface area contributed by atoms with Gasteiger partial charge in [-0.15, -0.1) is 0 Å². The van der Waals surface area contributed by atoms with Crippen molar-refractivity contribution in [2.24, 2.45) is 7.05 Å². The standard InChI is InChI=1S/C14H19N3O2/c1-14(2,3)19-13(18)17(5)11-7-6-10-8-9-16(4)12(10)15-11/h6-9H,1-5H3. The van der Waals surface area contributed by atoms with Crippen LogP contribution in [-0.2, 0) is 11.8 Å². The lowest BCUT2D eigenvalue weighted by molar-refractivity contribution is 0.0588. The molecule has 0 saturated carbocycles. The van der Waals surface area contributed by atoms with Crippen molar-refractivity contribution in [2.45, 2.75) is 26.4 Å². The van der Waals surface area contributed by atoms with Crippen LogP contribution in [0.5, 0.6) is 0 Å². The van der Waals surface area contributed by atoms with Gasteiger partial charge in [0.15, 0.2) is 0 Å². The molecule has 5 heteroatoms. The van der Waals surface area contributed by atoms with E-state index >= 15 is 0 Å². The smallest absolute Gasteiger partial charge is 0.415 e. The van der Waals surface area contributed by atoms with E-state index in [9.17, 15) is 4.79 Å². The number of aromatic nitrogens is 2. The lowest BCUT2D eigenvalue weighted by Crippen LogP contribution is -2.34. The maximum Gasteiger partial charge on any atom is 0.415 e. The van der Waals surface area contributed by atoms with Gasteiger partial charge in [0, 0.05) is 25.7 Å². The highest BCUT2D eigenvalue weighted by Crippen LogP contribution is 2.19. The molecular formula is C14H19N3O2. The molecule has 0 unspecified atom stereocenters. The minimum atomic E-state index is -0.513. The van der Waals surface area contributed by atoms with E-state index in [0.717, 1.165) is 11.0 Å². The molecule has 0 fully saturated rings. The summed E-state index contributed by atoms with van der Waals surface area (Å²) in [6.07, 6.45) is 1.53. The number of amides is 1. The Morgan fingerprint density at radius 2 is 2.00 bits per heavy atom. The summed E-state index contributed by atoms with van der Waals surface area (Å²) in [4.78, 5) is 17.9. The van der Waals surface area contributed by atoms with Crippen LogP contribution in [0.3, 0.4) is 0 Å². The number of ether oxygens (including phenoxy) is 1. The first-order chi connectivity index (χ1) is 8.78. The van der Waals surface area contributed by atoms with E-state index in [1.807, 2.05) is 56.8 Å². The molecule has 0 aromatic carbocycles. The van der Waals surface area contributed by atoms with Crippen molar-refractivity contribution in [3.05, 3.63) is 24.4 Å². The Bertz CT molecular complexity index is 611. The quantitative estimate of drug-likeness (QED) is 0.793. The highest BCUT2D eigenvalue weighted by atomic mass is 16.6. The van der Waals surface area contributed by atoms with Gasteiger partial charge in [0.2, 0.25) is 0 Å². The van der Waals surface area contributed by atoms with Gasteiger partial charge in [-0.05, 0) is 39.0 Å². The molecule has 0 spiro atoms. The van der Waals surface area contributed by atoms with E-state index in [-0.39, 0.29) is 0 Å². The maximum absolute atomic E-state index is 12.0. The number of rotatable bonds is 1. The SMILES string of the molecule is CN(C(=O)OC(C)(C)C)c1ccc2ccn(C)c2n1. The molecule has 5 nitrogen and oxygen atoms in total. The van der Waals surface area contributed by atoms with Crippen molar-refractivity contribution in [3.63, 3.8) is 0 Å². The number of hydrogen-bond acceptors (Lipinski definition) is 3. The maximum atomic E-state index is 12.0. The third-order valence-corrected chi connectivity index (χ3v) is 2.71. The van der Waals surface area contributed by atoms with Crippen molar-refractivity contribution >= 4 is 22.9 Å². The largest absolute Gasteiger partial charge is 0.443 e. The van der Waals surface area contributed by atoms with E-state index in [4.69, 9.17) is 4.74 Å². The zero-order valence-corrected chi connectivity index (χ0v) is 12.0. The van der Waals surface area contributed by atoms with Gasteiger partial charge in [-0.2, -0.15) is 0 Å². The summed E-state index contributed by atoms with van der Waals surface area (Å²) < 4.78 is 7.24. The minimum absolute atomic E-state index is 0.409. The lowest BCUT2D eigenvalue weighted by atomic mass is 10.2. The van der Waals surface area contributed by atoms with Crippen LogP contribution in [0.25, 0.3) is 11.0 Å². The summed E-state index contributed by atoms with van der Waals surface area (Å²) >= 11 is 0. The molecule has 0 aliphatic rings. The normalized spacial score (nSPS) is 11.6. The van der Waals surface area contributed by atoms with Gasteiger partial charge in [0.05, 0.1) is 0 Å². The van der Waals surface area contributed by atoms with E-state index in [1.165, 1.54) is 4.90 Å². The molecule has 2 heterocycles. The van der Waals surface area contributed by atoms with Gasteiger partial charge in [0.25, 0.3) is 0 Å². The van der Waals surface area contributed by atoms with Crippen molar-refractivity contribution in [1.82, 2.24) is 9.55 Å². The number of anilines is 1. The second kappa shape index (κ2) is 4.57. The number of carbonyl (C=O) groups is 1. The summed E-state index contributed by atoms with van der Waals surface area (Å²) in [5.74, 6) is 0.573. The number of fused-ring (bicyclic) bond motifs is 1. The molecule has 0 radical (unpaired) electrons. The van der Waals surface area contributed by atoms with Crippen molar-refractivity contribution in [3.8, 4) is 0 Å². The van der Waals surface area contributed by atoms with Gasteiger partial charge in [-0.3, -0.25) is 4.90 Å². The third kappa shape index (κ3) is 2.86. The van der Waals surface area contributed by atoms with Crippen molar-refractivity contribution in [1.29, 1.82) is 0 Å². The van der Waals surface area contributed by atoms with Gasteiger partial charge >= 0.3 is 6.09 Å². The summed E-state index contributed by atoms with van der Waals surface area (Å²) in [5.41, 5.74) is 0.327. The number of pyridine rings is 1. The summed E-state index contributed by atoms with van der Waals surface area (Å²) in [6, 6.07) is 5.74. The molecule has 0 aliphatic carbocycles. The van der Waals surface area contributed by atoms with E-state index < -0.39 is 11.7 Å². The predicted octanol–water partition coefficient (Wildman–Crippen LogP) is 2.94. The fourth-order valence-corrected chi connectivity index (χ4v) is 1.74. The molecule has 19 heavy (non-hydrogen) atoms. The summed E-state index contributed by atoms with van der Waals surface area (Å²) in [5, 5.41) is 1.05. The van der Waals surface area contributed by atoms with E-state index in [2.05, 4.69) is 4.98 Å². The zero-order chi connectivity index (χ0) is 14.2.